The van der Waals surface area contributed by atoms with Crippen LogP contribution in [0.5, 0.6) is 0 Å². The van der Waals surface area contributed by atoms with E-state index in [9.17, 15) is 0 Å². The van der Waals surface area contributed by atoms with Crippen LogP contribution in [0.3, 0.4) is 0 Å². The van der Waals surface area contributed by atoms with Gasteiger partial charge < -0.3 is 5.32 Å². The molecule has 0 aliphatic heterocycles. The lowest BCUT2D eigenvalue weighted by Gasteiger charge is -2.12. The maximum absolute atomic E-state index is 4.43. The third-order valence-electron chi connectivity index (χ3n) is 2.56. The van der Waals surface area contributed by atoms with Crippen molar-refractivity contribution in [1.29, 1.82) is 0 Å². The van der Waals surface area contributed by atoms with Gasteiger partial charge in [-0.15, -0.1) is 11.3 Å². The van der Waals surface area contributed by atoms with E-state index < -0.39 is 0 Å². The van der Waals surface area contributed by atoms with E-state index in [1.165, 1.54) is 5.56 Å². The van der Waals surface area contributed by atoms with Crippen LogP contribution in [-0.4, -0.2) is 4.98 Å². The lowest BCUT2D eigenvalue weighted by atomic mass is 10.1. The van der Waals surface area contributed by atoms with Crippen molar-refractivity contribution in [2.45, 2.75) is 26.4 Å². The van der Waals surface area contributed by atoms with Gasteiger partial charge in [0.2, 0.25) is 0 Å². The van der Waals surface area contributed by atoms with Gasteiger partial charge in [0.25, 0.3) is 0 Å². The van der Waals surface area contributed by atoms with Crippen molar-refractivity contribution >= 4 is 11.3 Å². The summed E-state index contributed by atoms with van der Waals surface area (Å²) < 4.78 is 0. The first kappa shape index (κ1) is 11.3. The fourth-order valence-corrected chi connectivity index (χ4v) is 2.22. The second-order valence-corrected chi connectivity index (χ2v) is 4.93. The number of benzene rings is 1. The van der Waals surface area contributed by atoms with Gasteiger partial charge >= 0.3 is 0 Å². The summed E-state index contributed by atoms with van der Waals surface area (Å²) in [6.45, 7) is 5.05. The smallest absolute Gasteiger partial charge is 0.0897 e. The molecule has 0 fully saturated rings. The van der Waals surface area contributed by atoms with Gasteiger partial charge in [0.1, 0.15) is 0 Å². The first-order valence-electron chi connectivity index (χ1n) is 5.45. The standard InChI is InChI=1S/C13H16N2S/c1-10(12-6-4-3-5-7-12)14-8-13-9-16-11(2)15-13/h3-7,9-10,14H,8H2,1-2H3. The number of aromatic nitrogens is 1. The summed E-state index contributed by atoms with van der Waals surface area (Å²) in [6.07, 6.45) is 0. The van der Waals surface area contributed by atoms with Crippen LogP contribution in [0.1, 0.15) is 29.2 Å². The molecule has 1 aromatic heterocycles. The minimum atomic E-state index is 0.364. The van der Waals surface area contributed by atoms with Gasteiger partial charge in [-0.2, -0.15) is 0 Å². The van der Waals surface area contributed by atoms with Crippen LogP contribution in [0.25, 0.3) is 0 Å². The van der Waals surface area contributed by atoms with Crippen molar-refractivity contribution in [2.75, 3.05) is 0 Å². The molecule has 2 aromatic rings. The molecule has 0 saturated carbocycles. The lowest BCUT2D eigenvalue weighted by molar-refractivity contribution is 0.569. The second-order valence-electron chi connectivity index (χ2n) is 3.87. The van der Waals surface area contributed by atoms with E-state index in [1.54, 1.807) is 11.3 Å². The van der Waals surface area contributed by atoms with Gasteiger partial charge in [-0.05, 0) is 19.4 Å². The SMILES string of the molecule is Cc1nc(CNC(C)c2ccccc2)cs1. The van der Waals surface area contributed by atoms with Gasteiger partial charge in [-0.25, -0.2) is 4.98 Å². The van der Waals surface area contributed by atoms with Crippen LogP contribution in [0.4, 0.5) is 0 Å². The average molecular weight is 232 g/mol. The highest BCUT2D eigenvalue weighted by molar-refractivity contribution is 7.09. The maximum Gasteiger partial charge on any atom is 0.0897 e. The number of hydrogen-bond acceptors (Lipinski definition) is 3. The molecule has 0 aliphatic rings. The van der Waals surface area contributed by atoms with Gasteiger partial charge in [-0.1, -0.05) is 30.3 Å². The Hall–Kier alpha value is -1.19. The van der Waals surface area contributed by atoms with Crippen molar-refractivity contribution in [1.82, 2.24) is 10.3 Å². The summed E-state index contributed by atoms with van der Waals surface area (Å²) in [6, 6.07) is 10.8. The highest BCUT2D eigenvalue weighted by Crippen LogP contribution is 2.13. The van der Waals surface area contributed by atoms with Crippen LogP contribution in [0.15, 0.2) is 35.7 Å². The average Bonchev–Trinajstić information content (AvgIpc) is 2.73. The summed E-state index contributed by atoms with van der Waals surface area (Å²) in [5.41, 5.74) is 2.44. The topological polar surface area (TPSA) is 24.9 Å². The normalized spacial score (nSPS) is 12.6. The van der Waals surface area contributed by atoms with Gasteiger partial charge in [0.05, 0.1) is 10.7 Å². The van der Waals surface area contributed by atoms with E-state index in [0.717, 1.165) is 17.2 Å². The van der Waals surface area contributed by atoms with E-state index in [2.05, 4.69) is 46.9 Å². The van der Waals surface area contributed by atoms with Crippen molar-refractivity contribution in [3.8, 4) is 0 Å². The summed E-state index contributed by atoms with van der Waals surface area (Å²) in [5, 5.41) is 6.71. The summed E-state index contributed by atoms with van der Waals surface area (Å²) in [5.74, 6) is 0. The Bertz CT molecular complexity index is 436. The molecular weight excluding hydrogens is 216 g/mol. The van der Waals surface area contributed by atoms with Crippen LogP contribution in [0, 0.1) is 6.92 Å². The summed E-state index contributed by atoms with van der Waals surface area (Å²) >= 11 is 1.70. The number of nitrogens with zero attached hydrogens (tertiary/aromatic N) is 1. The van der Waals surface area contributed by atoms with Crippen LogP contribution >= 0.6 is 11.3 Å². The minimum absolute atomic E-state index is 0.364. The van der Waals surface area contributed by atoms with E-state index in [4.69, 9.17) is 0 Å². The monoisotopic (exact) mass is 232 g/mol. The quantitative estimate of drug-likeness (QED) is 0.875. The molecule has 1 atom stereocenters. The highest BCUT2D eigenvalue weighted by Gasteiger charge is 2.04. The lowest BCUT2D eigenvalue weighted by Crippen LogP contribution is -2.18. The Labute approximate surface area is 100 Å². The summed E-state index contributed by atoms with van der Waals surface area (Å²) in [7, 11) is 0. The van der Waals surface area contributed by atoms with Crippen LogP contribution in [0.2, 0.25) is 0 Å². The molecule has 0 radical (unpaired) electrons. The molecule has 84 valence electrons. The molecule has 16 heavy (non-hydrogen) atoms. The Morgan fingerprint density at radius 2 is 2.06 bits per heavy atom. The molecule has 0 bridgehead atoms. The molecule has 1 heterocycles. The Kier molecular flexibility index (Phi) is 3.70. The van der Waals surface area contributed by atoms with Crippen molar-refractivity contribution in [3.63, 3.8) is 0 Å². The Balaban J connectivity index is 1.91. The zero-order chi connectivity index (χ0) is 11.4. The van der Waals surface area contributed by atoms with Gasteiger partial charge in [0, 0.05) is 18.0 Å². The molecule has 0 amide bonds. The van der Waals surface area contributed by atoms with Crippen molar-refractivity contribution < 1.29 is 0 Å². The predicted octanol–water partition coefficient (Wildman–Crippen LogP) is 3.30. The first-order chi connectivity index (χ1) is 7.75. The molecule has 2 nitrogen and oxygen atoms in total. The van der Waals surface area contributed by atoms with E-state index in [1.807, 2.05) is 13.0 Å². The zero-order valence-corrected chi connectivity index (χ0v) is 10.4. The number of hydrogen-bond donors (Lipinski definition) is 1. The fourth-order valence-electron chi connectivity index (χ4n) is 1.61. The third-order valence-corrected chi connectivity index (χ3v) is 3.38. The molecular formula is C13H16N2S. The Morgan fingerprint density at radius 3 is 2.69 bits per heavy atom. The molecule has 0 saturated heterocycles. The number of thiazole rings is 1. The molecule has 3 heteroatoms. The Morgan fingerprint density at radius 1 is 1.31 bits per heavy atom. The molecule has 1 unspecified atom stereocenters. The number of rotatable bonds is 4. The highest BCUT2D eigenvalue weighted by atomic mass is 32.1. The van der Waals surface area contributed by atoms with E-state index in [-0.39, 0.29) is 0 Å². The first-order valence-corrected chi connectivity index (χ1v) is 6.33. The molecule has 2 rings (SSSR count). The van der Waals surface area contributed by atoms with E-state index >= 15 is 0 Å². The molecule has 0 spiro atoms. The third kappa shape index (κ3) is 2.90. The maximum atomic E-state index is 4.43. The zero-order valence-electron chi connectivity index (χ0n) is 9.60. The van der Waals surface area contributed by atoms with E-state index in [0.29, 0.717) is 6.04 Å². The number of nitrogens with one attached hydrogen (secondary N) is 1. The van der Waals surface area contributed by atoms with Crippen molar-refractivity contribution in [3.05, 3.63) is 52.0 Å². The fraction of sp³-hybridized carbons (Fsp3) is 0.308. The predicted molar refractivity (Wildman–Crippen MR) is 68.5 cm³/mol. The summed E-state index contributed by atoms with van der Waals surface area (Å²) in [4.78, 5) is 4.43. The van der Waals surface area contributed by atoms with Crippen LogP contribution < -0.4 is 5.32 Å². The van der Waals surface area contributed by atoms with Crippen LogP contribution in [-0.2, 0) is 6.54 Å². The van der Waals surface area contributed by atoms with Gasteiger partial charge in [-0.3, -0.25) is 0 Å². The second kappa shape index (κ2) is 5.23. The van der Waals surface area contributed by atoms with Crippen molar-refractivity contribution in [2.24, 2.45) is 0 Å². The number of aryl methyl sites for hydroxylation is 1. The largest absolute Gasteiger partial charge is 0.305 e. The minimum Gasteiger partial charge on any atom is -0.305 e. The molecule has 0 aliphatic carbocycles. The molecule has 1 N–H and O–H groups in total. The van der Waals surface area contributed by atoms with Gasteiger partial charge in [0.15, 0.2) is 0 Å². The molecule has 1 aromatic carbocycles.